The van der Waals surface area contributed by atoms with Crippen LogP contribution in [0, 0.1) is 0 Å². The van der Waals surface area contributed by atoms with Gasteiger partial charge in [0.25, 0.3) is 0 Å². The van der Waals surface area contributed by atoms with Gasteiger partial charge in [0, 0.05) is 11.6 Å². The topological polar surface area (TPSA) is 44.5 Å². The van der Waals surface area contributed by atoms with Gasteiger partial charge in [-0.25, -0.2) is 0 Å². The molecule has 1 aromatic heterocycles. The second kappa shape index (κ2) is 6.59. The molecule has 2 unspecified atom stereocenters. The fourth-order valence-corrected chi connectivity index (χ4v) is 2.56. The number of ether oxygens (including phenoxy) is 2. The summed E-state index contributed by atoms with van der Waals surface area (Å²) in [5, 5.41) is 4.10. The summed E-state index contributed by atoms with van der Waals surface area (Å²) in [7, 11) is 0. The lowest BCUT2D eigenvalue weighted by atomic mass is 10.1. The molecule has 0 saturated carbocycles. The van der Waals surface area contributed by atoms with Crippen molar-refractivity contribution >= 4 is 11.3 Å². The van der Waals surface area contributed by atoms with Crippen molar-refractivity contribution in [2.24, 2.45) is 5.73 Å². The van der Waals surface area contributed by atoms with Crippen molar-refractivity contribution in [2.75, 3.05) is 6.61 Å². The van der Waals surface area contributed by atoms with E-state index in [4.69, 9.17) is 15.2 Å². The highest BCUT2D eigenvalue weighted by atomic mass is 32.1. The zero-order chi connectivity index (χ0) is 13.7. The van der Waals surface area contributed by atoms with E-state index in [-0.39, 0.29) is 12.1 Å². The molecule has 2 aromatic rings. The van der Waals surface area contributed by atoms with Crippen molar-refractivity contribution in [3.8, 4) is 11.5 Å². The zero-order valence-electron chi connectivity index (χ0n) is 11.2. The van der Waals surface area contributed by atoms with Gasteiger partial charge in [-0.05, 0) is 42.8 Å². The Morgan fingerprint density at radius 2 is 1.95 bits per heavy atom. The molecule has 0 amide bonds. The van der Waals surface area contributed by atoms with Crippen LogP contribution in [0.5, 0.6) is 11.5 Å². The molecule has 1 heterocycles. The lowest BCUT2D eigenvalue weighted by Gasteiger charge is -2.23. The van der Waals surface area contributed by atoms with E-state index in [1.165, 1.54) is 0 Å². The van der Waals surface area contributed by atoms with Gasteiger partial charge in [-0.1, -0.05) is 12.1 Å². The molecule has 2 N–H and O–H groups in total. The molecular formula is C15H19NO2S. The van der Waals surface area contributed by atoms with E-state index < -0.39 is 0 Å². The third kappa shape index (κ3) is 3.49. The summed E-state index contributed by atoms with van der Waals surface area (Å²) in [5.41, 5.74) is 7.14. The fourth-order valence-electron chi connectivity index (χ4n) is 1.87. The van der Waals surface area contributed by atoms with E-state index >= 15 is 0 Å². The van der Waals surface area contributed by atoms with Crippen molar-refractivity contribution in [1.29, 1.82) is 0 Å². The SMILES string of the molecule is CCOc1ccccc1OC(c1ccsc1)C(C)N. The van der Waals surface area contributed by atoms with Crippen LogP contribution < -0.4 is 15.2 Å². The monoisotopic (exact) mass is 277 g/mol. The molecule has 0 aliphatic rings. The Balaban J connectivity index is 2.22. The Morgan fingerprint density at radius 1 is 1.21 bits per heavy atom. The Kier molecular flexibility index (Phi) is 4.82. The van der Waals surface area contributed by atoms with Crippen LogP contribution in [-0.4, -0.2) is 12.6 Å². The Hall–Kier alpha value is -1.52. The summed E-state index contributed by atoms with van der Waals surface area (Å²) in [5.74, 6) is 1.49. The average molecular weight is 277 g/mol. The molecule has 0 radical (unpaired) electrons. The van der Waals surface area contributed by atoms with Gasteiger partial charge in [-0.15, -0.1) is 0 Å². The lowest BCUT2D eigenvalue weighted by Crippen LogP contribution is -2.28. The maximum Gasteiger partial charge on any atom is 0.162 e. The molecule has 4 heteroatoms. The summed E-state index contributed by atoms with van der Waals surface area (Å²) >= 11 is 1.64. The molecule has 19 heavy (non-hydrogen) atoms. The first-order chi connectivity index (χ1) is 9.22. The minimum Gasteiger partial charge on any atom is -0.490 e. The van der Waals surface area contributed by atoms with Crippen molar-refractivity contribution in [1.82, 2.24) is 0 Å². The zero-order valence-corrected chi connectivity index (χ0v) is 12.0. The van der Waals surface area contributed by atoms with Crippen LogP contribution in [0.15, 0.2) is 41.1 Å². The summed E-state index contributed by atoms with van der Waals surface area (Å²) in [6.07, 6.45) is -0.159. The molecule has 1 aromatic carbocycles. The number of benzene rings is 1. The van der Waals surface area contributed by atoms with Crippen LogP contribution in [0.1, 0.15) is 25.5 Å². The second-order valence-corrected chi connectivity index (χ2v) is 5.11. The fraction of sp³-hybridized carbons (Fsp3) is 0.333. The number of para-hydroxylation sites is 2. The van der Waals surface area contributed by atoms with Crippen molar-refractivity contribution in [2.45, 2.75) is 26.0 Å². The maximum absolute atomic E-state index is 6.06. The van der Waals surface area contributed by atoms with Gasteiger partial charge in [-0.3, -0.25) is 0 Å². The molecule has 102 valence electrons. The van der Waals surface area contributed by atoms with Crippen molar-refractivity contribution in [3.05, 3.63) is 46.7 Å². The molecular weight excluding hydrogens is 258 g/mol. The first-order valence-corrected chi connectivity index (χ1v) is 7.32. The third-order valence-electron chi connectivity index (χ3n) is 2.75. The first kappa shape index (κ1) is 13.9. The van der Waals surface area contributed by atoms with Gasteiger partial charge in [0.1, 0.15) is 6.10 Å². The molecule has 2 atom stereocenters. The van der Waals surface area contributed by atoms with E-state index in [9.17, 15) is 0 Å². The van der Waals surface area contributed by atoms with Crippen LogP contribution >= 0.6 is 11.3 Å². The number of hydrogen-bond donors (Lipinski definition) is 1. The minimum atomic E-state index is -0.159. The summed E-state index contributed by atoms with van der Waals surface area (Å²) in [4.78, 5) is 0. The van der Waals surface area contributed by atoms with Gasteiger partial charge in [0.15, 0.2) is 11.5 Å². The van der Waals surface area contributed by atoms with Gasteiger partial charge in [0.05, 0.1) is 6.61 Å². The Morgan fingerprint density at radius 3 is 2.53 bits per heavy atom. The first-order valence-electron chi connectivity index (χ1n) is 6.38. The van der Waals surface area contributed by atoms with Crippen LogP contribution in [0.3, 0.4) is 0 Å². The number of rotatable bonds is 6. The molecule has 0 fully saturated rings. The predicted molar refractivity (Wildman–Crippen MR) is 78.9 cm³/mol. The van der Waals surface area contributed by atoms with Gasteiger partial charge in [-0.2, -0.15) is 11.3 Å². The van der Waals surface area contributed by atoms with E-state index in [1.807, 2.05) is 49.6 Å². The Bertz CT molecular complexity index is 497. The molecule has 2 rings (SSSR count). The normalized spacial score (nSPS) is 13.8. The molecule has 0 aliphatic carbocycles. The largest absolute Gasteiger partial charge is 0.490 e. The number of hydrogen-bond acceptors (Lipinski definition) is 4. The standard InChI is InChI=1S/C15H19NO2S/c1-3-17-13-6-4-5-7-14(13)18-15(11(2)16)12-8-9-19-10-12/h4-11,15H,3,16H2,1-2H3. The Labute approximate surface area is 118 Å². The maximum atomic E-state index is 6.06. The van der Waals surface area contributed by atoms with E-state index in [0.717, 1.165) is 17.1 Å². The smallest absolute Gasteiger partial charge is 0.162 e. The van der Waals surface area contributed by atoms with Gasteiger partial charge in [0.2, 0.25) is 0 Å². The summed E-state index contributed by atoms with van der Waals surface area (Å²) in [6, 6.07) is 9.64. The quantitative estimate of drug-likeness (QED) is 0.877. The van der Waals surface area contributed by atoms with Crippen molar-refractivity contribution in [3.63, 3.8) is 0 Å². The van der Waals surface area contributed by atoms with E-state index in [2.05, 4.69) is 5.38 Å². The minimum absolute atomic E-state index is 0.0933. The van der Waals surface area contributed by atoms with E-state index in [0.29, 0.717) is 6.61 Å². The lowest BCUT2D eigenvalue weighted by molar-refractivity contribution is 0.171. The second-order valence-electron chi connectivity index (χ2n) is 4.33. The number of thiophene rings is 1. The van der Waals surface area contributed by atoms with Crippen LogP contribution in [0.4, 0.5) is 0 Å². The molecule has 0 spiro atoms. The molecule has 0 bridgehead atoms. The third-order valence-corrected chi connectivity index (χ3v) is 3.45. The van der Waals surface area contributed by atoms with E-state index in [1.54, 1.807) is 11.3 Å². The predicted octanol–water partition coefficient (Wildman–Crippen LogP) is 3.61. The van der Waals surface area contributed by atoms with Crippen LogP contribution in [-0.2, 0) is 0 Å². The van der Waals surface area contributed by atoms with Crippen LogP contribution in [0.25, 0.3) is 0 Å². The average Bonchev–Trinajstić information content (AvgIpc) is 2.91. The number of nitrogens with two attached hydrogens (primary N) is 1. The van der Waals surface area contributed by atoms with Crippen LogP contribution in [0.2, 0.25) is 0 Å². The highest BCUT2D eigenvalue weighted by molar-refractivity contribution is 7.07. The highest BCUT2D eigenvalue weighted by Gasteiger charge is 2.20. The molecule has 0 aliphatic heterocycles. The molecule has 3 nitrogen and oxygen atoms in total. The summed E-state index contributed by atoms with van der Waals surface area (Å²) < 4.78 is 11.6. The summed E-state index contributed by atoms with van der Waals surface area (Å²) in [6.45, 7) is 4.52. The van der Waals surface area contributed by atoms with Gasteiger partial charge < -0.3 is 15.2 Å². The van der Waals surface area contributed by atoms with Gasteiger partial charge >= 0.3 is 0 Å². The van der Waals surface area contributed by atoms with Crippen molar-refractivity contribution < 1.29 is 9.47 Å². The molecule has 0 saturated heterocycles. The highest BCUT2D eigenvalue weighted by Crippen LogP contribution is 2.32.